The van der Waals surface area contributed by atoms with Crippen LogP contribution >= 0.6 is 0 Å². The lowest BCUT2D eigenvalue weighted by atomic mass is 9.99. The number of likely N-dealkylation sites (N-methyl/N-ethyl adjacent to an activating group) is 1. The van der Waals surface area contributed by atoms with Gasteiger partial charge in [-0.25, -0.2) is 0 Å². The summed E-state index contributed by atoms with van der Waals surface area (Å²) in [5.41, 5.74) is 2.48. The molecule has 2 aliphatic carbocycles. The van der Waals surface area contributed by atoms with Crippen LogP contribution in [0, 0.1) is 24.7 Å². The predicted octanol–water partition coefficient (Wildman–Crippen LogP) is 2.57. The fourth-order valence-electron chi connectivity index (χ4n) is 3.75. The van der Waals surface area contributed by atoms with E-state index in [0.29, 0.717) is 6.04 Å². The van der Waals surface area contributed by atoms with Gasteiger partial charge in [-0.2, -0.15) is 0 Å². The fraction of sp³-hybridized carbons (Fsp3) is 0.667. The van der Waals surface area contributed by atoms with Crippen molar-refractivity contribution in [1.29, 1.82) is 0 Å². The molecule has 0 bridgehead atoms. The van der Waals surface area contributed by atoms with Crippen molar-refractivity contribution in [3.8, 4) is 0 Å². The van der Waals surface area contributed by atoms with Crippen molar-refractivity contribution in [2.45, 2.75) is 38.6 Å². The van der Waals surface area contributed by atoms with Crippen LogP contribution in [0.25, 0.3) is 0 Å². The predicted molar refractivity (Wildman–Crippen MR) is 69.8 cm³/mol. The van der Waals surface area contributed by atoms with Crippen molar-refractivity contribution < 1.29 is 0 Å². The third-order valence-corrected chi connectivity index (χ3v) is 4.71. The van der Waals surface area contributed by atoms with Crippen molar-refractivity contribution in [2.75, 3.05) is 7.05 Å². The van der Waals surface area contributed by atoms with Crippen LogP contribution in [0.15, 0.2) is 18.3 Å². The highest BCUT2D eigenvalue weighted by Crippen LogP contribution is 2.59. The molecule has 17 heavy (non-hydrogen) atoms. The summed E-state index contributed by atoms with van der Waals surface area (Å²) in [7, 11) is 2.10. The smallest absolute Gasteiger partial charge is 0.0419 e. The van der Waals surface area contributed by atoms with Gasteiger partial charge in [-0.3, -0.25) is 4.98 Å². The van der Waals surface area contributed by atoms with Crippen LogP contribution in [0.4, 0.5) is 0 Å². The molecular weight excluding hydrogens is 208 g/mol. The Morgan fingerprint density at radius 2 is 2.12 bits per heavy atom. The van der Waals surface area contributed by atoms with Crippen LogP contribution in [0.5, 0.6) is 0 Å². The number of hydrogen-bond acceptors (Lipinski definition) is 2. The third-order valence-electron chi connectivity index (χ3n) is 4.71. The van der Waals surface area contributed by atoms with E-state index in [1.807, 2.05) is 6.20 Å². The SMILES string of the molecule is CNC(Cc1ccc(C)cn1)C1C2CCCC21. The Kier molecular flexibility index (Phi) is 2.91. The summed E-state index contributed by atoms with van der Waals surface area (Å²) in [6, 6.07) is 4.99. The van der Waals surface area contributed by atoms with Gasteiger partial charge in [0.15, 0.2) is 0 Å². The fourth-order valence-corrected chi connectivity index (χ4v) is 3.75. The van der Waals surface area contributed by atoms with Gasteiger partial charge in [0.05, 0.1) is 0 Å². The molecule has 2 saturated carbocycles. The summed E-state index contributed by atoms with van der Waals surface area (Å²) in [4.78, 5) is 4.53. The average molecular weight is 230 g/mol. The molecule has 0 saturated heterocycles. The van der Waals surface area contributed by atoms with E-state index >= 15 is 0 Å². The molecule has 1 aromatic heterocycles. The van der Waals surface area contributed by atoms with Crippen molar-refractivity contribution in [3.63, 3.8) is 0 Å². The highest BCUT2D eigenvalue weighted by atomic mass is 14.9. The summed E-state index contributed by atoms with van der Waals surface area (Å²) in [5.74, 6) is 2.98. The molecule has 0 aliphatic heterocycles. The normalized spacial score (nSPS) is 32.2. The Labute approximate surface area is 104 Å². The van der Waals surface area contributed by atoms with Gasteiger partial charge in [-0.1, -0.05) is 12.5 Å². The zero-order chi connectivity index (χ0) is 11.8. The van der Waals surface area contributed by atoms with Gasteiger partial charge in [0.2, 0.25) is 0 Å². The standard InChI is InChI=1S/C15H22N2/c1-10-6-7-11(17-9-10)8-14(16-2)15-12-4-3-5-13(12)15/h6-7,9,12-16H,3-5,8H2,1-2H3. The second kappa shape index (κ2) is 4.41. The number of aryl methyl sites for hydroxylation is 1. The van der Waals surface area contributed by atoms with Crippen molar-refractivity contribution in [2.24, 2.45) is 17.8 Å². The minimum Gasteiger partial charge on any atom is -0.316 e. The molecular formula is C15H22N2. The topological polar surface area (TPSA) is 24.9 Å². The number of nitrogens with one attached hydrogen (secondary N) is 1. The van der Waals surface area contributed by atoms with Crippen LogP contribution in [0.1, 0.15) is 30.5 Å². The van der Waals surface area contributed by atoms with Crippen LogP contribution in [-0.4, -0.2) is 18.1 Å². The zero-order valence-corrected chi connectivity index (χ0v) is 10.8. The first-order chi connectivity index (χ1) is 8.29. The van der Waals surface area contributed by atoms with E-state index in [1.165, 1.54) is 30.5 Å². The molecule has 92 valence electrons. The van der Waals surface area contributed by atoms with Gasteiger partial charge in [-0.05, 0) is 56.2 Å². The monoisotopic (exact) mass is 230 g/mol. The number of nitrogens with zero attached hydrogens (tertiary/aromatic N) is 1. The van der Waals surface area contributed by atoms with E-state index in [1.54, 1.807) is 0 Å². The molecule has 1 aromatic rings. The summed E-state index contributed by atoms with van der Waals surface area (Å²) >= 11 is 0. The van der Waals surface area contributed by atoms with Gasteiger partial charge < -0.3 is 5.32 Å². The first kappa shape index (κ1) is 11.2. The van der Waals surface area contributed by atoms with Crippen molar-refractivity contribution >= 4 is 0 Å². The van der Waals surface area contributed by atoms with Gasteiger partial charge >= 0.3 is 0 Å². The van der Waals surface area contributed by atoms with Gasteiger partial charge in [0.25, 0.3) is 0 Å². The Hall–Kier alpha value is -0.890. The number of hydrogen-bond donors (Lipinski definition) is 1. The highest BCUT2D eigenvalue weighted by molar-refractivity contribution is 5.15. The van der Waals surface area contributed by atoms with Crippen LogP contribution in [-0.2, 0) is 6.42 Å². The largest absolute Gasteiger partial charge is 0.316 e. The number of fused-ring (bicyclic) bond motifs is 1. The quantitative estimate of drug-likeness (QED) is 0.860. The zero-order valence-electron chi connectivity index (χ0n) is 10.8. The van der Waals surface area contributed by atoms with E-state index in [-0.39, 0.29) is 0 Å². The second-order valence-corrected chi connectivity index (χ2v) is 5.76. The van der Waals surface area contributed by atoms with Crippen molar-refractivity contribution in [1.82, 2.24) is 10.3 Å². The van der Waals surface area contributed by atoms with E-state index in [0.717, 1.165) is 24.2 Å². The molecule has 3 atom stereocenters. The highest BCUT2D eigenvalue weighted by Gasteiger charge is 2.55. The molecule has 2 fully saturated rings. The lowest BCUT2D eigenvalue weighted by molar-refractivity contribution is 0.425. The van der Waals surface area contributed by atoms with E-state index in [4.69, 9.17) is 0 Å². The minimum absolute atomic E-state index is 0.639. The number of rotatable bonds is 4. The van der Waals surface area contributed by atoms with Crippen LogP contribution < -0.4 is 5.32 Å². The Morgan fingerprint density at radius 3 is 2.71 bits per heavy atom. The Balaban J connectivity index is 1.64. The minimum atomic E-state index is 0.639. The first-order valence-corrected chi connectivity index (χ1v) is 6.88. The van der Waals surface area contributed by atoms with Crippen molar-refractivity contribution in [3.05, 3.63) is 29.6 Å². The summed E-state index contributed by atoms with van der Waals surface area (Å²) in [6.45, 7) is 2.09. The van der Waals surface area contributed by atoms with Gasteiger partial charge in [0, 0.05) is 24.4 Å². The van der Waals surface area contributed by atoms with Gasteiger partial charge in [-0.15, -0.1) is 0 Å². The van der Waals surface area contributed by atoms with E-state index in [9.17, 15) is 0 Å². The maximum Gasteiger partial charge on any atom is 0.0419 e. The molecule has 0 aromatic carbocycles. The first-order valence-electron chi connectivity index (χ1n) is 6.88. The molecule has 3 unspecified atom stereocenters. The second-order valence-electron chi connectivity index (χ2n) is 5.76. The molecule has 0 radical (unpaired) electrons. The molecule has 3 rings (SSSR count). The van der Waals surface area contributed by atoms with Crippen LogP contribution in [0.2, 0.25) is 0 Å². The Morgan fingerprint density at radius 1 is 1.35 bits per heavy atom. The van der Waals surface area contributed by atoms with E-state index in [2.05, 4.69) is 36.4 Å². The number of aromatic nitrogens is 1. The lowest BCUT2D eigenvalue weighted by Crippen LogP contribution is -2.31. The van der Waals surface area contributed by atoms with Gasteiger partial charge in [0.1, 0.15) is 0 Å². The molecule has 0 amide bonds. The molecule has 0 spiro atoms. The molecule has 2 aliphatic rings. The summed E-state index contributed by atoms with van der Waals surface area (Å²) in [5, 5.41) is 3.52. The molecule has 2 heteroatoms. The lowest BCUT2D eigenvalue weighted by Gasteiger charge is -2.17. The maximum atomic E-state index is 4.53. The Bertz CT molecular complexity index is 374. The summed E-state index contributed by atoms with van der Waals surface area (Å²) in [6.07, 6.45) is 7.47. The average Bonchev–Trinajstić information content (AvgIpc) is 2.82. The molecule has 1 N–H and O–H groups in total. The molecule has 2 nitrogen and oxygen atoms in total. The van der Waals surface area contributed by atoms with Crippen LogP contribution in [0.3, 0.4) is 0 Å². The third kappa shape index (κ3) is 2.11. The maximum absolute atomic E-state index is 4.53. The molecule has 1 heterocycles. The van der Waals surface area contributed by atoms with E-state index < -0.39 is 0 Å². The number of pyridine rings is 1. The summed E-state index contributed by atoms with van der Waals surface area (Å²) < 4.78 is 0.